The van der Waals surface area contributed by atoms with Crippen LogP contribution in [0.2, 0.25) is 0 Å². The zero-order chi connectivity index (χ0) is 11.8. The quantitative estimate of drug-likeness (QED) is 0.676. The molecule has 0 N–H and O–H groups in total. The molecule has 16 heavy (non-hydrogen) atoms. The van der Waals surface area contributed by atoms with E-state index in [1.165, 1.54) is 5.69 Å². The predicted octanol–water partition coefficient (Wildman–Crippen LogP) is 1.31. The number of aryl methyl sites for hydroxylation is 1. The van der Waals surface area contributed by atoms with Crippen molar-refractivity contribution in [2.45, 2.75) is 6.42 Å². The molecule has 0 saturated carbocycles. The van der Waals surface area contributed by atoms with Gasteiger partial charge in [-0.15, -0.1) is 0 Å². The zero-order valence-electron chi connectivity index (χ0n) is 10.0. The fourth-order valence-corrected chi connectivity index (χ4v) is 2.10. The molecule has 0 aromatic carbocycles. The Kier molecular flexibility index (Phi) is 6.68. The second-order valence-electron chi connectivity index (χ2n) is 3.72. The Bertz CT molecular complexity index is 291. The lowest BCUT2D eigenvalue weighted by Crippen LogP contribution is -2.31. The van der Waals surface area contributed by atoms with Crippen molar-refractivity contribution in [3.05, 3.63) is 18.0 Å². The van der Waals surface area contributed by atoms with E-state index in [2.05, 4.69) is 32.0 Å². The molecule has 0 amide bonds. The molecule has 0 spiro atoms. The minimum atomic E-state index is 0.790. The summed E-state index contributed by atoms with van der Waals surface area (Å²) in [5.74, 6) is 0. The van der Waals surface area contributed by atoms with Gasteiger partial charge in [0, 0.05) is 57.4 Å². The van der Waals surface area contributed by atoms with E-state index in [0.717, 1.165) is 38.0 Å². The number of ether oxygens (including phenoxy) is 1. The highest BCUT2D eigenvalue weighted by Gasteiger charge is 2.05. The standard InChI is InChI=1S/C11H20BrN3O/c1-14-11(3-6-13-14)4-7-15(8-5-12)9-10-16-2/h3,6H,4-5,7-10H2,1-2H3. The first-order chi connectivity index (χ1) is 7.77. The van der Waals surface area contributed by atoms with E-state index in [9.17, 15) is 0 Å². The van der Waals surface area contributed by atoms with Crippen LogP contribution in [0, 0.1) is 0 Å². The van der Waals surface area contributed by atoms with Gasteiger partial charge in [-0.3, -0.25) is 9.58 Å². The molecule has 1 aromatic heterocycles. The van der Waals surface area contributed by atoms with E-state index in [0.29, 0.717) is 0 Å². The zero-order valence-corrected chi connectivity index (χ0v) is 11.6. The molecule has 5 heteroatoms. The molecular formula is C11H20BrN3O. The Hall–Kier alpha value is -0.390. The number of methoxy groups -OCH3 is 1. The maximum absolute atomic E-state index is 5.10. The average molecular weight is 290 g/mol. The van der Waals surface area contributed by atoms with Gasteiger partial charge in [-0.25, -0.2) is 0 Å². The smallest absolute Gasteiger partial charge is 0.0589 e. The minimum absolute atomic E-state index is 0.790. The summed E-state index contributed by atoms with van der Waals surface area (Å²) in [6.07, 6.45) is 2.88. The van der Waals surface area contributed by atoms with E-state index in [1.54, 1.807) is 7.11 Å². The molecule has 1 heterocycles. The fraction of sp³-hybridized carbons (Fsp3) is 0.727. The van der Waals surface area contributed by atoms with Crippen LogP contribution < -0.4 is 0 Å². The largest absolute Gasteiger partial charge is 0.383 e. The van der Waals surface area contributed by atoms with E-state index in [-0.39, 0.29) is 0 Å². The predicted molar refractivity (Wildman–Crippen MR) is 69.0 cm³/mol. The molecule has 4 nitrogen and oxygen atoms in total. The van der Waals surface area contributed by atoms with Crippen LogP contribution in [-0.4, -0.2) is 53.4 Å². The Morgan fingerprint density at radius 2 is 2.25 bits per heavy atom. The molecular weight excluding hydrogens is 270 g/mol. The van der Waals surface area contributed by atoms with Crippen molar-refractivity contribution in [1.82, 2.24) is 14.7 Å². The third-order valence-corrected chi connectivity index (χ3v) is 2.97. The molecule has 92 valence electrons. The topological polar surface area (TPSA) is 30.3 Å². The lowest BCUT2D eigenvalue weighted by Gasteiger charge is -2.20. The van der Waals surface area contributed by atoms with Crippen molar-refractivity contribution in [3.63, 3.8) is 0 Å². The molecule has 0 atom stereocenters. The molecule has 0 aliphatic heterocycles. The summed E-state index contributed by atoms with van der Waals surface area (Å²) < 4.78 is 7.04. The lowest BCUT2D eigenvalue weighted by atomic mass is 10.3. The van der Waals surface area contributed by atoms with Gasteiger partial charge in [0.1, 0.15) is 0 Å². The highest BCUT2D eigenvalue weighted by Crippen LogP contribution is 2.00. The van der Waals surface area contributed by atoms with Gasteiger partial charge in [-0.2, -0.15) is 5.10 Å². The first-order valence-electron chi connectivity index (χ1n) is 5.52. The number of rotatable bonds is 8. The van der Waals surface area contributed by atoms with Crippen molar-refractivity contribution in [2.24, 2.45) is 7.05 Å². The van der Waals surface area contributed by atoms with Crippen molar-refractivity contribution >= 4 is 15.9 Å². The van der Waals surface area contributed by atoms with E-state index in [4.69, 9.17) is 4.74 Å². The normalized spacial score (nSPS) is 11.2. The third kappa shape index (κ3) is 4.63. The monoisotopic (exact) mass is 289 g/mol. The van der Waals surface area contributed by atoms with Gasteiger partial charge in [0.05, 0.1) is 6.61 Å². The van der Waals surface area contributed by atoms with Gasteiger partial charge in [-0.1, -0.05) is 15.9 Å². The van der Waals surface area contributed by atoms with Crippen LogP contribution in [0.25, 0.3) is 0 Å². The summed E-state index contributed by atoms with van der Waals surface area (Å²) in [5.41, 5.74) is 1.27. The lowest BCUT2D eigenvalue weighted by molar-refractivity contribution is 0.152. The summed E-state index contributed by atoms with van der Waals surface area (Å²) >= 11 is 3.48. The highest BCUT2D eigenvalue weighted by atomic mass is 79.9. The molecule has 0 aliphatic carbocycles. The van der Waals surface area contributed by atoms with Gasteiger partial charge in [-0.05, 0) is 6.07 Å². The Labute approximate surface area is 106 Å². The highest BCUT2D eigenvalue weighted by molar-refractivity contribution is 9.09. The van der Waals surface area contributed by atoms with Crippen molar-refractivity contribution in [2.75, 3.05) is 38.7 Å². The number of aromatic nitrogens is 2. The summed E-state index contributed by atoms with van der Waals surface area (Å²) in [4.78, 5) is 2.39. The van der Waals surface area contributed by atoms with Crippen LogP contribution in [0.5, 0.6) is 0 Å². The van der Waals surface area contributed by atoms with E-state index in [1.807, 2.05) is 17.9 Å². The molecule has 0 unspecified atom stereocenters. The van der Waals surface area contributed by atoms with E-state index >= 15 is 0 Å². The first-order valence-corrected chi connectivity index (χ1v) is 6.64. The Balaban J connectivity index is 2.34. The summed E-state index contributed by atoms with van der Waals surface area (Å²) in [6.45, 7) is 3.88. The summed E-state index contributed by atoms with van der Waals surface area (Å²) in [5, 5.41) is 5.17. The SMILES string of the molecule is COCCN(CCBr)CCc1ccnn1C. The van der Waals surface area contributed by atoms with Crippen LogP contribution in [0.3, 0.4) is 0 Å². The average Bonchev–Trinajstić information content (AvgIpc) is 2.68. The molecule has 0 bridgehead atoms. The number of hydrogen-bond donors (Lipinski definition) is 0. The van der Waals surface area contributed by atoms with Crippen LogP contribution in [-0.2, 0) is 18.2 Å². The molecule has 0 saturated heterocycles. The van der Waals surface area contributed by atoms with Gasteiger partial charge in [0.15, 0.2) is 0 Å². The minimum Gasteiger partial charge on any atom is -0.383 e. The van der Waals surface area contributed by atoms with Crippen molar-refractivity contribution in [1.29, 1.82) is 0 Å². The number of hydrogen-bond acceptors (Lipinski definition) is 3. The maximum atomic E-state index is 5.10. The maximum Gasteiger partial charge on any atom is 0.0589 e. The van der Waals surface area contributed by atoms with Crippen molar-refractivity contribution in [3.8, 4) is 0 Å². The Morgan fingerprint density at radius 3 is 2.81 bits per heavy atom. The van der Waals surface area contributed by atoms with Crippen LogP contribution in [0.15, 0.2) is 12.3 Å². The molecule has 0 fully saturated rings. The van der Waals surface area contributed by atoms with Crippen molar-refractivity contribution < 1.29 is 4.74 Å². The van der Waals surface area contributed by atoms with Gasteiger partial charge in [0.2, 0.25) is 0 Å². The fourth-order valence-electron chi connectivity index (χ4n) is 1.59. The molecule has 0 radical (unpaired) electrons. The van der Waals surface area contributed by atoms with Gasteiger partial charge in [0.25, 0.3) is 0 Å². The number of halogens is 1. The second kappa shape index (κ2) is 7.81. The summed E-state index contributed by atoms with van der Waals surface area (Å²) in [7, 11) is 3.73. The van der Waals surface area contributed by atoms with Gasteiger partial charge < -0.3 is 4.74 Å². The van der Waals surface area contributed by atoms with E-state index < -0.39 is 0 Å². The van der Waals surface area contributed by atoms with Crippen LogP contribution in [0.1, 0.15) is 5.69 Å². The first kappa shape index (κ1) is 13.7. The summed E-state index contributed by atoms with van der Waals surface area (Å²) in [6, 6.07) is 2.07. The number of alkyl halides is 1. The molecule has 0 aliphatic rings. The van der Waals surface area contributed by atoms with Gasteiger partial charge >= 0.3 is 0 Å². The van der Waals surface area contributed by atoms with Crippen LogP contribution in [0.4, 0.5) is 0 Å². The molecule has 1 aromatic rings. The third-order valence-electron chi connectivity index (χ3n) is 2.62. The second-order valence-corrected chi connectivity index (χ2v) is 4.51. The van der Waals surface area contributed by atoms with Crippen LogP contribution >= 0.6 is 15.9 Å². The number of nitrogens with zero attached hydrogens (tertiary/aromatic N) is 3. The Morgan fingerprint density at radius 1 is 1.44 bits per heavy atom. The molecule has 1 rings (SSSR count).